The zero-order chi connectivity index (χ0) is 63.0. The van der Waals surface area contributed by atoms with Gasteiger partial charge >= 0.3 is 0 Å². The largest absolute Gasteiger partial charge is 0.453 e. The molecule has 0 amide bonds. The Bertz CT molecular complexity index is 4620. The van der Waals surface area contributed by atoms with E-state index in [1.54, 1.807) is 0 Å². The van der Waals surface area contributed by atoms with Crippen LogP contribution in [0.15, 0.2) is 291 Å². The van der Waals surface area contributed by atoms with E-state index in [4.69, 9.17) is 9.47 Å². The minimum Gasteiger partial charge on any atom is -0.453 e. The van der Waals surface area contributed by atoms with Crippen LogP contribution in [-0.2, 0) is 10.8 Å². The van der Waals surface area contributed by atoms with Crippen molar-refractivity contribution in [1.29, 1.82) is 10.5 Å². The fourth-order valence-electron chi connectivity index (χ4n) is 15.2. The van der Waals surface area contributed by atoms with Crippen LogP contribution >= 0.6 is 0 Å². The third-order valence-electron chi connectivity index (χ3n) is 18.9. The van der Waals surface area contributed by atoms with Crippen molar-refractivity contribution in [2.45, 2.75) is 44.9 Å². The van der Waals surface area contributed by atoms with Crippen molar-refractivity contribution in [3.8, 4) is 124 Å². The molecule has 0 saturated heterocycles. The zero-order valence-electron chi connectivity index (χ0n) is 52.0. The van der Waals surface area contributed by atoms with Crippen molar-refractivity contribution >= 4 is 34.1 Å². The topological polar surface area (TPSA) is 72.5 Å². The highest BCUT2D eigenvalue weighted by atomic mass is 16.5. The maximum Gasteiger partial charge on any atom is 0.152 e. The Morgan fingerprint density at radius 1 is 0.280 bits per heavy atom. The van der Waals surface area contributed by atoms with Crippen LogP contribution in [0.25, 0.3) is 89.0 Å². The molecule has 93 heavy (non-hydrogen) atoms. The van der Waals surface area contributed by atoms with E-state index in [1.807, 2.05) is 24.3 Å². The number of ether oxygens (including phenoxy) is 2. The van der Waals surface area contributed by atoms with E-state index < -0.39 is 10.8 Å². The van der Waals surface area contributed by atoms with Crippen molar-refractivity contribution < 1.29 is 9.47 Å². The Hall–Kier alpha value is -12.0. The standard InChI is InChI=1S/C87H62N4O2/c1-86(2)55-87(3,4)83-73(54-89)85(91-76-47-43-62(70-39-23-19-35-66(70)58-29-13-7-14-30-58)51-80(76)93-81-52-63(44-48-77(81)91)71-40-24-20-36-67(71)59-31-15-8-16-32-59)84(72(53-88)82(83)86)90-74-45-41-60(68-37-21-17-33-64(68)56-25-9-5-10-26-56)49-78(74)92-79-50-61(42-46-75(79)90)69-38-22-18-34-65(69)57-27-11-6-12-28-57/h5-52H,55H2,1-4H3. The molecule has 6 nitrogen and oxygen atoms in total. The summed E-state index contributed by atoms with van der Waals surface area (Å²) in [6.07, 6.45) is 0.705. The molecule has 6 heteroatoms. The maximum absolute atomic E-state index is 12.5. The molecular formula is C87H62N4O2. The molecule has 2 aliphatic heterocycles. The predicted octanol–water partition coefficient (Wildman–Crippen LogP) is 23.9. The van der Waals surface area contributed by atoms with Gasteiger partial charge in [0.25, 0.3) is 0 Å². The number of fused-ring (bicyclic) bond motifs is 5. The number of nitriles is 2. The van der Waals surface area contributed by atoms with E-state index >= 15 is 0 Å². The van der Waals surface area contributed by atoms with Gasteiger partial charge in [0.2, 0.25) is 0 Å². The number of rotatable bonds is 10. The molecule has 0 aromatic heterocycles. The second-order valence-corrected chi connectivity index (χ2v) is 25.6. The Morgan fingerprint density at radius 3 is 0.720 bits per heavy atom. The van der Waals surface area contributed by atoms with E-state index in [1.165, 1.54) is 0 Å². The minimum atomic E-state index is -0.528. The first-order chi connectivity index (χ1) is 45.5. The van der Waals surface area contributed by atoms with Crippen LogP contribution in [0.4, 0.5) is 34.1 Å². The maximum atomic E-state index is 12.5. The SMILES string of the molecule is CC1(C)CC(C)(C)c2c(C#N)c(N3c4ccc(-c5ccccc5-c5ccccc5)cc4Oc4cc(-c5ccccc5-c5ccccc5)ccc43)c(N3c4ccc(-c5ccccc5-c5ccccc5)cc4Oc4cc(-c5ccccc5-c5ccccc5)ccc43)c(C#N)c21. The molecule has 0 radical (unpaired) electrons. The Labute approximate surface area is 543 Å². The molecule has 442 valence electrons. The van der Waals surface area contributed by atoms with E-state index in [2.05, 4.69) is 317 Å². The monoisotopic (exact) mass is 1190 g/mol. The van der Waals surface area contributed by atoms with E-state index in [0.29, 0.717) is 74.7 Å². The Balaban J connectivity index is 0.991. The molecule has 0 N–H and O–H groups in total. The summed E-state index contributed by atoms with van der Waals surface area (Å²) < 4.78 is 14.8. The number of benzene rings is 13. The highest BCUT2D eigenvalue weighted by Crippen LogP contribution is 2.65. The zero-order valence-corrected chi connectivity index (χ0v) is 52.0. The summed E-state index contributed by atoms with van der Waals surface area (Å²) in [4.78, 5) is 4.43. The van der Waals surface area contributed by atoms with Gasteiger partial charge < -0.3 is 19.3 Å². The molecule has 16 rings (SSSR count). The fraction of sp³-hybridized carbons (Fsp3) is 0.0805. The first-order valence-electron chi connectivity index (χ1n) is 31.7. The summed E-state index contributed by atoms with van der Waals surface area (Å²) in [5.41, 5.74) is 22.4. The summed E-state index contributed by atoms with van der Waals surface area (Å²) in [5.74, 6) is 2.37. The summed E-state index contributed by atoms with van der Waals surface area (Å²) in [6, 6.07) is 107. The normalized spacial score (nSPS) is 13.6. The van der Waals surface area contributed by atoms with Crippen LogP contribution in [0.1, 0.15) is 56.4 Å². The van der Waals surface area contributed by atoms with Crippen molar-refractivity contribution in [2.75, 3.05) is 9.80 Å². The molecule has 0 bridgehead atoms. The second kappa shape index (κ2) is 22.5. The average Bonchev–Trinajstić information content (AvgIpc) is 1.66. The molecule has 13 aromatic rings. The number of hydrogen-bond acceptors (Lipinski definition) is 6. The summed E-state index contributed by atoms with van der Waals surface area (Å²) in [7, 11) is 0. The van der Waals surface area contributed by atoms with Crippen LogP contribution < -0.4 is 19.3 Å². The van der Waals surface area contributed by atoms with Gasteiger partial charge in [-0.15, -0.1) is 0 Å². The molecule has 3 aliphatic rings. The van der Waals surface area contributed by atoms with Gasteiger partial charge in [0.05, 0.1) is 45.3 Å². The fourth-order valence-corrected chi connectivity index (χ4v) is 15.2. The molecular weight excluding hydrogens is 1130 g/mol. The van der Waals surface area contributed by atoms with Crippen LogP contribution in [0, 0.1) is 22.7 Å². The van der Waals surface area contributed by atoms with Crippen LogP contribution in [0.3, 0.4) is 0 Å². The smallest absolute Gasteiger partial charge is 0.152 e. The van der Waals surface area contributed by atoms with Gasteiger partial charge in [0, 0.05) is 0 Å². The van der Waals surface area contributed by atoms with Crippen LogP contribution in [0.2, 0.25) is 0 Å². The van der Waals surface area contributed by atoms with E-state index in [-0.39, 0.29) is 0 Å². The summed E-state index contributed by atoms with van der Waals surface area (Å²) in [5, 5.41) is 25.0. The lowest BCUT2D eigenvalue weighted by molar-refractivity contribution is 0.402. The highest BCUT2D eigenvalue weighted by Gasteiger charge is 2.50. The third kappa shape index (κ3) is 9.54. The third-order valence-corrected chi connectivity index (χ3v) is 18.9. The van der Waals surface area contributed by atoms with E-state index in [0.717, 1.165) is 100 Å². The Morgan fingerprint density at radius 2 is 0.495 bits per heavy atom. The molecule has 13 aromatic carbocycles. The van der Waals surface area contributed by atoms with Crippen molar-refractivity contribution in [3.05, 3.63) is 313 Å². The molecule has 0 unspecified atom stereocenters. The van der Waals surface area contributed by atoms with Crippen LogP contribution in [-0.4, -0.2) is 0 Å². The molecule has 1 aliphatic carbocycles. The van der Waals surface area contributed by atoms with Gasteiger partial charge in [0.15, 0.2) is 23.0 Å². The number of anilines is 6. The quantitative estimate of drug-likeness (QED) is 0.136. The summed E-state index contributed by atoms with van der Waals surface area (Å²) >= 11 is 0. The summed E-state index contributed by atoms with van der Waals surface area (Å²) in [6.45, 7) is 8.90. The van der Waals surface area contributed by atoms with Gasteiger partial charge in [-0.05, 0) is 166 Å². The van der Waals surface area contributed by atoms with Crippen LogP contribution in [0.5, 0.6) is 23.0 Å². The molecule has 0 atom stereocenters. The minimum absolute atomic E-state index is 0.488. The van der Waals surface area contributed by atoms with Gasteiger partial charge in [-0.2, -0.15) is 10.5 Å². The highest BCUT2D eigenvalue weighted by molar-refractivity contribution is 6.05. The average molecular weight is 1200 g/mol. The first kappa shape index (κ1) is 56.3. The van der Waals surface area contributed by atoms with Gasteiger partial charge in [-0.3, -0.25) is 0 Å². The lowest BCUT2D eigenvalue weighted by Crippen LogP contribution is -2.26. The molecule has 2 heterocycles. The van der Waals surface area contributed by atoms with Crippen molar-refractivity contribution in [2.24, 2.45) is 0 Å². The van der Waals surface area contributed by atoms with E-state index in [9.17, 15) is 10.5 Å². The molecule has 0 spiro atoms. The van der Waals surface area contributed by atoms with Crippen molar-refractivity contribution in [3.63, 3.8) is 0 Å². The Kier molecular flexibility index (Phi) is 13.6. The predicted molar refractivity (Wildman–Crippen MR) is 380 cm³/mol. The van der Waals surface area contributed by atoms with Crippen molar-refractivity contribution in [1.82, 2.24) is 0 Å². The van der Waals surface area contributed by atoms with Gasteiger partial charge in [-0.1, -0.05) is 270 Å². The van der Waals surface area contributed by atoms with Gasteiger partial charge in [0.1, 0.15) is 12.1 Å². The first-order valence-corrected chi connectivity index (χ1v) is 31.7. The lowest BCUT2D eigenvalue weighted by Gasteiger charge is -2.41. The molecule has 0 saturated carbocycles. The lowest BCUT2D eigenvalue weighted by atomic mass is 9.81. The van der Waals surface area contributed by atoms with Gasteiger partial charge in [-0.25, -0.2) is 0 Å². The second-order valence-electron chi connectivity index (χ2n) is 25.6. The molecule has 0 fully saturated rings. The number of nitrogens with zero attached hydrogens (tertiary/aromatic N) is 4. The number of hydrogen-bond donors (Lipinski definition) is 0.